The highest BCUT2D eigenvalue weighted by Crippen LogP contribution is 2.37. The van der Waals surface area contributed by atoms with Crippen LogP contribution in [-0.4, -0.2) is 17.7 Å². The van der Waals surface area contributed by atoms with Gasteiger partial charge in [0.1, 0.15) is 23.0 Å². The van der Waals surface area contributed by atoms with E-state index in [-0.39, 0.29) is 0 Å². The van der Waals surface area contributed by atoms with E-state index in [9.17, 15) is 9.59 Å². The van der Waals surface area contributed by atoms with Crippen molar-refractivity contribution in [1.82, 2.24) is 0 Å². The fraction of sp³-hybridized carbons (Fsp3) is 0.217. The van der Waals surface area contributed by atoms with Crippen LogP contribution in [0.1, 0.15) is 25.0 Å². The highest BCUT2D eigenvalue weighted by molar-refractivity contribution is 9.10. The van der Waals surface area contributed by atoms with Crippen molar-refractivity contribution in [2.24, 2.45) is 0 Å². The van der Waals surface area contributed by atoms with Crippen LogP contribution in [0.4, 0.5) is 0 Å². The lowest BCUT2D eigenvalue weighted by molar-refractivity contribution is -0.155. The summed E-state index contributed by atoms with van der Waals surface area (Å²) in [7, 11) is 0. The normalized spacial score (nSPS) is 17.7. The van der Waals surface area contributed by atoms with Gasteiger partial charge in [-0.15, -0.1) is 0 Å². The van der Waals surface area contributed by atoms with Crippen LogP contribution < -0.4 is 10.4 Å². The molecular formula is C23H19BrO5. The molecular weight excluding hydrogens is 436 g/mol. The molecule has 0 unspecified atom stereocenters. The van der Waals surface area contributed by atoms with Crippen molar-refractivity contribution in [3.8, 4) is 5.75 Å². The number of fused-ring (bicyclic) bond motifs is 2. The summed E-state index contributed by atoms with van der Waals surface area (Å²) in [4.78, 5) is 23.8. The van der Waals surface area contributed by atoms with E-state index in [1.54, 1.807) is 18.2 Å². The summed E-state index contributed by atoms with van der Waals surface area (Å²) in [5.41, 5.74) is 1.15. The lowest BCUT2D eigenvalue weighted by atomic mass is 9.90. The molecule has 0 fully saturated rings. The van der Waals surface area contributed by atoms with Gasteiger partial charge in [-0.3, -0.25) is 0 Å². The number of carbonyl (C=O) groups is 1. The lowest BCUT2D eigenvalue weighted by Crippen LogP contribution is -2.48. The minimum Gasteiger partial charge on any atom is -0.484 e. The second kappa shape index (κ2) is 7.52. The zero-order valence-electron chi connectivity index (χ0n) is 16.0. The van der Waals surface area contributed by atoms with Crippen LogP contribution in [0.25, 0.3) is 17.0 Å². The highest BCUT2D eigenvalue weighted by atomic mass is 79.9. The number of ether oxygens (including phenoxy) is 2. The Morgan fingerprint density at radius 2 is 1.93 bits per heavy atom. The number of esters is 1. The van der Waals surface area contributed by atoms with Gasteiger partial charge in [-0.25, -0.2) is 9.59 Å². The number of benzene rings is 2. The quantitative estimate of drug-likeness (QED) is 0.320. The topological polar surface area (TPSA) is 65.7 Å². The zero-order valence-corrected chi connectivity index (χ0v) is 17.6. The summed E-state index contributed by atoms with van der Waals surface area (Å²) in [6, 6.07) is 14.3. The van der Waals surface area contributed by atoms with Crippen molar-refractivity contribution in [1.29, 1.82) is 0 Å². The van der Waals surface area contributed by atoms with Crippen LogP contribution in [0, 0.1) is 0 Å². The predicted octanol–water partition coefficient (Wildman–Crippen LogP) is 4.89. The third kappa shape index (κ3) is 4.27. The Labute approximate surface area is 176 Å². The van der Waals surface area contributed by atoms with Crippen molar-refractivity contribution in [3.63, 3.8) is 0 Å². The Morgan fingerprint density at radius 3 is 2.69 bits per heavy atom. The van der Waals surface area contributed by atoms with Crippen molar-refractivity contribution in [2.75, 3.05) is 0 Å². The van der Waals surface area contributed by atoms with Crippen LogP contribution >= 0.6 is 15.9 Å². The number of hydrogen-bond donors (Lipinski definition) is 0. The number of hydrogen-bond acceptors (Lipinski definition) is 5. The molecule has 0 saturated carbocycles. The maximum Gasteiger partial charge on any atom is 0.336 e. The van der Waals surface area contributed by atoms with Gasteiger partial charge in [0.15, 0.2) is 0 Å². The van der Waals surface area contributed by atoms with E-state index in [0.717, 1.165) is 21.0 Å². The first-order chi connectivity index (χ1) is 13.8. The molecule has 1 aromatic heterocycles. The first-order valence-electron chi connectivity index (χ1n) is 9.20. The van der Waals surface area contributed by atoms with E-state index in [1.807, 2.05) is 44.2 Å². The third-order valence-corrected chi connectivity index (χ3v) is 5.43. The second-order valence-corrected chi connectivity index (χ2v) is 8.39. The smallest absolute Gasteiger partial charge is 0.336 e. The van der Waals surface area contributed by atoms with Crippen molar-refractivity contribution in [2.45, 2.75) is 32.0 Å². The first-order valence-corrected chi connectivity index (χ1v) is 9.99. The summed E-state index contributed by atoms with van der Waals surface area (Å²) in [6.45, 7) is 3.75. The van der Waals surface area contributed by atoms with Crippen molar-refractivity contribution in [3.05, 3.63) is 80.6 Å². The molecule has 4 rings (SSSR count). The molecule has 0 aliphatic carbocycles. The Hall–Kier alpha value is -2.86. The minimum atomic E-state index is -0.725. The second-order valence-electron chi connectivity index (χ2n) is 7.47. The number of rotatable bonds is 3. The van der Waals surface area contributed by atoms with Gasteiger partial charge in [0.2, 0.25) is 0 Å². The SMILES string of the molecule is CC1(C)Oc2cc3oc(=O)ccc3cc2C[C@@H]1OC(=O)C=Cc1ccc(Br)cc1. The summed E-state index contributed by atoms with van der Waals surface area (Å²) >= 11 is 3.38. The van der Waals surface area contributed by atoms with Gasteiger partial charge in [0.25, 0.3) is 0 Å². The fourth-order valence-corrected chi connectivity index (χ4v) is 3.56. The molecule has 0 spiro atoms. The van der Waals surface area contributed by atoms with E-state index in [0.29, 0.717) is 17.8 Å². The van der Waals surface area contributed by atoms with E-state index in [1.165, 1.54) is 12.1 Å². The van der Waals surface area contributed by atoms with Gasteiger partial charge in [0.05, 0.1) is 0 Å². The Bertz CT molecular complexity index is 1160. The van der Waals surface area contributed by atoms with E-state index >= 15 is 0 Å². The molecule has 2 aromatic carbocycles. The average Bonchev–Trinajstić information content (AvgIpc) is 2.66. The first kappa shape index (κ1) is 19.5. The van der Waals surface area contributed by atoms with Gasteiger partial charge < -0.3 is 13.9 Å². The molecule has 0 amide bonds. The average molecular weight is 455 g/mol. The van der Waals surface area contributed by atoms with E-state index in [2.05, 4.69) is 15.9 Å². The van der Waals surface area contributed by atoms with Gasteiger partial charge in [-0.05, 0) is 55.3 Å². The van der Waals surface area contributed by atoms with Gasteiger partial charge >= 0.3 is 11.6 Å². The van der Waals surface area contributed by atoms with Crippen LogP contribution in [0.15, 0.2) is 68.3 Å². The molecule has 0 saturated heterocycles. The molecule has 2 heterocycles. The molecule has 3 aromatic rings. The molecule has 1 atom stereocenters. The number of carbonyl (C=O) groups excluding carboxylic acids is 1. The van der Waals surface area contributed by atoms with Gasteiger partial charge in [-0.1, -0.05) is 28.1 Å². The van der Waals surface area contributed by atoms with E-state index < -0.39 is 23.3 Å². The third-order valence-electron chi connectivity index (χ3n) is 4.90. The molecule has 29 heavy (non-hydrogen) atoms. The molecule has 0 radical (unpaired) electrons. The fourth-order valence-electron chi connectivity index (χ4n) is 3.29. The molecule has 148 valence electrons. The molecule has 1 aliphatic heterocycles. The molecule has 6 heteroatoms. The van der Waals surface area contributed by atoms with Gasteiger partial charge in [0, 0.05) is 34.5 Å². The Morgan fingerprint density at radius 1 is 1.17 bits per heavy atom. The van der Waals surface area contributed by atoms with Crippen LogP contribution in [0.3, 0.4) is 0 Å². The summed E-state index contributed by atoms with van der Waals surface area (Å²) in [6.07, 6.45) is 3.19. The van der Waals surface area contributed by atoms with Crippen molar-refractivity contribution < 1.29 is 18.7 Å². The molecule has 0 bridgehead atoms. The van der Waals surface area contributed by atoms with Gasteiger partial charge in [-0.2, -0.15) is 0 Å². The largest absolute Gasteiger partial charge is 0.484 e. The minimum absolute atomic E-state index is 0.406. The van der Waals surface area contributed by atoms with Crippen LogP contribution in [-0.2, 0) is 16.0 Å². The molecule has 5 nitrogen and oxygen atoms in total. The maximum atomic E-state index is 12.4. The maximum absolute atomic E-state index is 12.4. The van der Waals surface area contributed by atoms with E-state index in [4.69, 9.17) is 13.9 Å². The van der Waals surface area contributed by atoms with Crippen molar-refractivity contribution >= 4 is 38.9 Å². The van der Waals surface area contributed by atoms with Crippen LogP contribution in [0.2, 0.25) is 0 Å². The summed E-state index contributed by atoms with van der Waals surface area (Å²) in [5, 5.41) is 0.798. The lowest BCUT2D eigenvalue weighted by Gasteiger charge is -2.39. The number of halogens is 1. The predicted molar refractivity (Wildman–Crippen MR) is 114 cm³/mol. The summed E-state index contributed by atoms with van der Waals surface area (Å²) < 4.78 is 18.0. The Kier molecular flexibility index (Phi) is 5.04. The molecule has 1 aliphatic rings. The molecule has 0 N–H and O–H groups in total. The monoisotopic (exact) mass is 454 g/mol. The highest BCUT2D eigenvalue weighted by Gasteiger charge is 2.39. The summed E-state index contributed by atoms with van der Waals surface area (Å²) in [5.74, 6) is 0.208. The van der Waals surface area contributed by atoms with Crippen LogP contribution in [0.5, 0.6) is 5.75 Å². The standard InChI is InChI=1S/C23H19BrO5/c1-23(2)20(28-22(26)9-5-14-3-7-17(24)8-4-14)12-16-11-15-6-10-21(25)27-18(15)13-19(16)29-23/h3-11,13,20H,12H2,1-2H3/t20-/m0/s1. The zero-order chi connectivity index (χ0) is 20.6. The Balaban J connectivity index is 1.54.